The van der Waals surface area contributed by atoms with Gasteiger partial charge in [-0.3, -0.25) is 4.79 Å². The van der Waals surface area contributed by atoms with Gasteiger partial charge in [0, 0.05) is 7.05 Å². The maximum Gasteiger partial charge on any atom is 0.202 e. The van der Waals surface area contributed by atoms with E-state index in [-0.39, 0.29) is 11.2 Å². The molecule has 1 aliphatic heterocycles. The zero-order chi connectivity index (χ0) is 10.6. The molecule has 0 spiro atoms. The third kappa shape index (κ3) is 1.12. The van der Waals surface area contributed by atoms with Crippen LogP contribution in [0.5, 0.6) is 0 Å². The number of carbonyl (C=O) groups excluding carboxylic acids is 1. The molecule has 2 fully saturated rings. The van der Waals surface area contributed by atoms with Crippen molar-refractivity contribution in [1.29, 1.82) is 0 Å². The highest BCUT2D eigenvalue weighted by Gasteiger charge is 2.63. The number of halogens is 1. The van der Waals surface area contributed by atoms with Gasteiger partial charge in [0.2, 0.25) is 5.28 Å². The highest BCUT2D eigenvalue weighted by atomic mass is 35.5. The molecule has 1 aromatic heterocycles. The Kier molecular flexibility index (Phi) is 1.77. The van der Waals surface area contributed by atoms with Gasteiger partial charge in [0.25, 0.3) is 0 Å². The molecule has 1 aliphatic carbocycles. The number of Topliss-reactive ketones (excluding diaryl/α,β-unsaturated/α-hetero) is 1. The number of rotatable bonds is 2. The van der Waals surface area contributed by atoms with Gasteiger partial charge in [0.15, 0.2) is 5.78 Å². The van der Waals surface area contributed by atoms with Gasteiger partial charge in [-0.2, -0.15) is 0 Å². The zero-order valence-electron chi connectivity index (χ0n) is 8.36. The molecule has 1 saturated heterocycles. The number of ether oxygens (including phenoxy) is 1. The minimum absolute atomic E-state index is 0.131. The lowest BCUT2D eigenvalue weighted by molar-refractivity contribution is 0.0821. The molecule has 2 unspecified atom stereocenters. The molecule has 0 amide bonds. The van der Waals surface area contributed by atoms with Gasteiger partial charge in [-0.05, 0) is 23.9 Å². The van der Waals surface area contributed by atoms with Gasteiger partial charge in [-0.25, -0.2) is 4.98 Å². The number of ketones is 1. The van der Waals surface area contributed by atoms with Gasteiger partial charge in [0.05, 0.1) is 24.8 Å². The number of fused-ring (bicyclic) bond motifs is 1. The van der Waals surface area contributed by atoms with Gasteiger partial charge in [0.1, 0.15) is 5.69 Å². The van der Waals surface area contributed by atoms with Gasteiger partial charge >= 0.3 is 0 Å². The van der Waals surface area contributed by atoms with Crippen LogP contribution >= 0.6 is 11.6 Å². The van der Waals surface area contributed by atoms with Crippen molar-refractivity contribution in [3.8, 4) is 0 Å². The SMILES string of the molecule is Cn1c(C(=O)C23COCC2C3)cnc1Cl. The highest BCUT2D eigenvalue weighted by molar-refractivity contribution is 6.28. The van der Waals surface area contributed by atoms with Crippen LogP contribution in [0.1, 0.15) is 16.9 Å². The highest BCUT2D eigenvalue weighted by Crippen LogP contribution is 2.58. The van der Waals surface area contributed by atoms with Crippen molar-refractivity contribution in [3.63, 3.8) is 0 Å². The summed E-state index contributed by atoms with van der Waals surface area (Å²) in [5.41, 5.74) is 0.338. The van der Waals surface area contributed by atoms with E-state index >= 15 is 0 Å². The number of hydrogen-bond acceptors (Lipinski definition) is 3. The first-order chi connectivity index (χ1) is 7.15. The van der Waals surface area contributed by atoms with E-state index in [0.29, 0.717) is 23.5 Å². The quantitative estimate of drug-likeness (QED) is 0.714. The van der Waals surface area contributed by atoms with Gasteiger partial charge in [-0.1, -0.05) is 0 Å². The number of imidazole rings is 1. The Hall–Kier alpha value is -0.870. The predicted octanol–water partition coefficient (Wildman–Crippen LogP) is 1.29. The molecule has 2 heterocycles. The third-order valence-corrected chi connectivity index (χ3v) is 3.88. The first kappa shape index (κ1) is 9.36. The number of hydrogen-bond donors (Lipinski definition) is 0. The van der Waals surface area contributed by atoms with Crippen LogP contribution < -0.4 is 0 Å². The van der Waals surface area contributed by atoms with E-state index in [2.05, 4.69) is 4.98 Å². The molecule has 0 N–H and O–H groups in total. The van der Waals surface area contributed by atoms with Gasteiger partial charge in [-0.15, -0.1) is 0 Å². The number of carbonyl (C=O) groups is 1. The predicted molar refractivity (Wildman–Crippen MR) is 53.9 cm³/mol. The Morgan fingerprint density at radius 1 is 1.80 bits per heavy atom. The molecule has 5 heteroatoms. The molecule has 0 aromatic carbocycles. The summed E-state index contributed by atoms with van der Waals surface area (Å²) in [4.78, 5) is 16.2. The molecule has 2 atom stereocenters. The van der Waals surface area contributed by atoms with E-state index < -0.39 is 0 Å². The fourth-order valence-corrected chi connectivity index (χ4v) is 2.50. The van der Waals surface area contributed by atoms with Crippen LogP contribution in [0.15, 0.2) is 6.20 Å². The average Bonchev–Trinajstić information content (AvgIpc) is 2.63. The van der Waals surface area contributed by atoms with E-state index in [1.165, 1.54) is 0 Å². The molecule has 80 valence electrons. The first-order valence-electron chi connectivity index (χ1n) is 4.95. The minimum atomic E-state index is -0.253. The van der Waals surface area contributed by atoms with Gasteiger partial charge < -0.3 is 9.30 Å². The zero-order valence-corrected chi connectivity index (χ0v) is 9.12. The molecule has 0 bridgehead atoms. The minimum Gasteiger partial charge on any atom is -0.380 e. The summed E-state index contributed by atoms with van der Waals surface area (Å²) in [6.45, 7) is 1.27. The molecular weight excluding hydrogens is 216 g/mol. The molecule has 3 rings (SSSR count). The summed E-state index contributed by atoms with van der Waals surface area (Å²) >= 11 is 5.81. The summed E-state index contributed by atoms with van der Waals surface area (Å²) in [6.07, 6.45) is 2.50. The van der Waals surface area contributed by atoms with Crippen molar-refractivity contribution in [1.82, 2.24) is 9.55 Å². The van der Waals surface area contributed by atoms with Crippen molar-refractivity contribution in [2.45, 2.75) is 6.42 Å². The summed E-state index contributed by atoms with van der Waals surface area (Å²) < 4.78 is 6.95. The normalized spacial score (nSPS) is 32.8. The number of nitrogens with zero attached hydrogens (tertiary/aromatic N) is 2. The summed E-state index contributed by atoms with van der Waals surface area (Å²) in [5.74, 6) is 0.547. The Balaban J connectivity index is 1.95. The largest absolute Gasteiger partial charge is 0.380 e. The van der Waals surface area contributed by atoms with Crippen LogP contribution in [-0.2, 0) is 11.8 Å². The van der Waals surface area contributed by atoms with Crippen LogP contribution in [0, 0.1) is 11.3 Å². The Morgan fingerprint density at radius 3 is 3.07 bits per heavy atom. The Labute approximate surface area is 92.2 Å². The maximum atomic E-state index is 12.2. The fraction of sp³-hybridized carbons (Fsp3) is 0.600. The lowest BCUT2D eigenvalue weighted by Crippen LogP contribution is -2.22. The van der Waals surface area contributed by atoms with E-state index in [0.717, 1.165) is 13.0 Å². The van der Waals surface area contributed by atoms with Crippen molar-refractivity contribution in [2.75, 3.05) is 13.2 Å². The summed E-state index contributed by atoms with van der Waals surface area (Å²) in [6, 6.07) is 0. The van der Waals surface area contributed by atoms with E-state index in [9.17, 15) is 4.79 Å². The fourth-order valence-electron chi connectivity index (χ4n) is 2.36. The summed E-state index contributed by atoms with van der Waals surface area (Å²) in [5, 5.41) is 0.353. The van der Waals surface area contributed by atoms with Crippen molar-refractivity contribution in [3.05, 3.63) is 17.2 Å². The Bertz CT molecular complexity index is 443. The molecule has 4 nitrogen and oxygen atoms in total. The second-order valence-electron chi connectivity index (χ2n) is 4.37. The standard InChI is InChI=1S/C10H11ClN2O2/c1-13-7(3-12-9(13)11)8(14)10-2-6(10)4-15-5-10/h3,6H,2,4-5H2,1H3. The smallest absolute Gasteiger partial charge is 0.202 e. The van der Waals surface area contributed by atoms with E-state index in [1.807, 2.05) is 0 Å². The molecule has 15 heavy (non-hydrogen) atoms. The Morgan fingerprint density at radius 2 is 2.60 bits per heavy atom. The van der Waals surface area contributed by atoms with Crippen LogP contribution in [0.4, 0.5) is 0 Å². The van der Waals surface area contributed by atoms with Crippen molar-refractivity contribution in [2.24, 2.45) is 18.4 Å². The first-order valence-corrected chi connectivity index (χ1v) is 5.33. The molecule has 2 aliphatic rings. The molecule has 0 radical (unpaired) electrons. The van der Waals surface area contributed by atoms with E-state index in [4.69, 9.17) is 16.3 Å². The topological polar surface area (TPSA) is 44.1 Å². The number of aromatic nitrogens is 2. The second-order valence-corrected chi connectivity index (χ2v) is 4.71. The lowest BCUT2D eigenvalue weighted by atomic mass is 9.98. The van der Waals surface area contributed by atoms with Crippen LogP contribution in [0.25, 0.3) is 0 Å². The average molecular weight is 227 g/mol. The van der Waals surface area contributed by atoms with E-state index in [1.54, 1.807) is 17.8 Å². The van der Waals surface area contributed by atoms with Crippen LogP contribution in [0.2, 0.25) is 5.28 Å². The monoisotopic (exact) mass is 226 g/mol. The second kappa shape index (κ2) is 2.83. The molecule has 1 aromatic rings. The van der Waals surface area contributed by atoms with Crippen LogP contribution in [-0.4, -0.2) is 28.5 Å². The third-order valence-electron chi connectivity index (χ3n) is 3.53. The molecular formula is C10H11ClN2O2. The maximum absolute atomic E-state index is 12.2. The summed E-state index contributed by atoms with van der Waals surface area (Å²) in [7, 11) is 1.76. The molecule has 1 saturated carbocycles. The van der Waals surface area contributed by atoms with Crippen molar-refractivity contribution < 1.29 is 9.53 Å². The lowest BCUT2D eigenvalue weighted by Gasteiger charge is -2.09. The van der Waals surface area contributed by atoms with Crippen molar-refractivity contribution >= 4 is 17.4 Å². The van der Waals surface area contributed by atoms with Crippen LogP contribution in [0.3, 0.4) is 0 Å².